The van der Waals surface area contributed by atoms with Crippen LogP contribution in [0.4, 0.5) is 0 Å². The van der Waals surface area contributed by atoms with E-state index >= 15 is 0 Å². The first-order valence-corrected chi connectivity index (χ1v) is 7.07. The SMILES string of the molecule is CCC(Cc1ccccc1)c1ccccc1CCO. The molecule has 1 nitrogen and oxygen atoms in total. The van der Waals surface area contributed by atoms with Crippen molar-refractivity contribution >= 4 is 0 Å². The molecule has 1 unspecified atom stereocenters. The highest BCUT2D eigenvalue weighted by Gasteiger charge is 2.13. The predicted octanol–water partition coefficient (Wildman–Crippen LogP) is 3.96. The summed E-state index contributed by atoms with van der Waals surface area (Å²) < 4.78 is 0. The van der Waals surface area contributed by atoms with Crippen molar-refractivity contribution in [1.29, 1.82) is 0 Å². The monoisotopic (exact) mass is 254 g/mol. The van der Waals surface area contributed by atoms with Crippen LogP contribution in [0.2, 0.25) is 0 Å². The van der Waals surface area contributed by atoms with E-state index in [2.05, 4.69) is 61.5 Å². The van der Waals surface area contributed by atoms with Gasteiger partial charge in [0.05, 0.1) is 0 Å². The minimum absolute atomic E-state index is 0.221. The molecule has 0 aromatic heterocycles. The summed E-state index contributed by atoms with van der Waals surface area (Å²) in [5, 5.41) is 9.19. The average Bonchev–Trinajstić information content (AvgIpc) is 2.47. The molecule has 0 aliphatic carbocycles. The van der Waals surface area contributed by atoms with Crippen LogP contribution in [0, 0.1) is 0 Å². The molecule has 0 radical (unpaired) electrons. The maximum Gasteiger partial charge on any atom is 0.0471 e. The number of hydrogen-bond donors (Lipinski definition) is 1. The number of rotatable bonds is 6. The van der Waals surface area contributed by atoms with Crippen LogP contribution >= 0.6 is 0 Å². The van der Waals surface area contributed by atoms with Gasteiger partial charge in [-0.15, -0.1) is 0 Å². The van der Waals surface area contributed by atoms with Crippen molar-refractivity contribution in [1.82, 2.24) is 0 Å². The molecule has 0 saturated heterocycles. The van der Waals surface area contributed by atoms with Gasteiger partial charge in [-0.25, -0.2) is 0 Å². The van der Waals surface area contributed by atoms with Crippen molar-refractivity contribution in [2.75, 3.05) is 6.61 Å². The van der Waals surface area contributed by atoms with Crippen molar-refractivity contribution in [2.24, 2.45) is 0 Å². The van der Waals surface area contributed by atoms with Crippen molar-refractivity contribution in [3.63, 3.8) is 0 Å². The third-order valence-electron chi connectivity index (χ3n) is 3.69. The summed E-state index contributed by atoms with van der Waals surface area (Å²) in [6, 6.07) is 19.1. The Bertz CT molecular complexity index is 490. The largest absolute Gasteiger partial charge is 0.396 e. The van der Waals surface area contributed by atoms with Crippen LogP contribution in [0.25, 0.3) is 0 Å². The van der Waals surface area contributed by atoms with Gasteiger partial charge in [0.2, 0.25) is 0 Å². The quantitative estimate of drug-likeness (QED) is 0.827. The fraction of sp³-hybridized carbons (Fsp3) is 0.333. The number of benzene rings is 2. The van der Waals surface area contributed by atoms with Crippen LogP contribution in [0.15, 0.2) is 54.6 Å². The van der Waals surface area contributed by atoms with Crippen molar-refractivity contribution in [3.8, 4) is 0 Å². The molecule has 1 heteroatoms. The van der Waals surface area contributed by atoms with Gasteiger partial charge < -0.3 is 5.11 Å². The van der Waals surface area contributed by atoms with Crippen LogP contribution in [-0.4, -0.2) is 11.7 Å². The lowest BCUT2D eigenvalue weighted by Gasteiger charge is -2.19. The van der Waals surface area contributed by atoms with Gasteiger partial charge in [-0.1, -0.05) is 61.5 Å². The first kappa shape index (κ1) is 13.8. The number of aliphatic hydroxyl groups excluding tert-OH is 1. The van der Waals surface area contributed by atoms with Gasteiger partial charge in [-0.05, 0) is 41.9 Å². The van der Waals surface area contributed by atoms with E-state index in [1.807, 2.05) is 0 Å². The lowest BCUT2D eigenvalue weighted by molar-refractivity contribution is 0.299. The fourth-order valence-corrected chi connectivity index (χ4v) is 2.65. The second-order valence-electron chi connectivity index (χ2n) is 4.97. The molecular weight excluding hydrogens is 232 g/mol. The minimum Gasteiger partial charge on any atom is -0.396 e. The molecule has 1 atom stereocenters. The molecule has 2 rings (SSSR count). The Kier molecular flexibility index (Phi) is 5.17. The zero-order valence-electron chi connectivity index (χ0n) is 11.5. The molecule has 0 spiro atoms. The molecule has 0 bridgehead atoms. The van der Waals surface area contributed by atoms with Crippen LogP contribution in [0.1, 0.15) is 36.0 Å². The zero-order chi connectivity index (χ0) is 13.5. The normalized spacial score (nSPS) is 12.3. The molecule has 1 N–H and O–H groups in total. The predicted molar refractivity (Wildman–Crippen MR) is 80.4 cm³/mol. The topological polar surface area (TPSA) is 20.2 Å². The summed E-state index contributed by atoms with van der Waals surface area (Å²) in [4.78, 5) is 0. The van der Waals surface area contributed by atoms with Gasteiger partial charge in [0.1, 0.15) is 0 Å². The smallest absolute Gasteiger partial charge is 0.0471 e. The Labute approximate surface area is 115 Å². The van der Waals surface area contributed by atoms with E-state index in [1.54, 1.807) is 0 Å². The molecule has 0 fully saturated rings. The molecule has 2 aromatic rings. The highest BCUT2D eigenvalue weighted by molar-refractivity contribution is 5.32. The summed E-state index contributed by atoms with van der Waals surface area (Å²) >= 11 is 0. The van der Waals surface area contributed by atoms with Gasteiger partial charge >= 0.3 is 0 Å². The number of aliphatic hydroxyl groups is 1. The van der Waals surface area contributed by atoms with Crippen molar-refractivity contribution in [3.05, 3.63) is 71.3 Å². The van der Waals surface area contributed by atoms with Crippen molar-refractivity contribution < 1.29 is 5.11 Å². The summed E-state index contributed by atoms with van der Waals surface area (Å²) in [5.41, 5.74) is 4.06. The Morgan fingerprint density at radius 1 is 0.947 bits per heavy atom. The van der Waals surface area contributed by atoms with Gasteiger partial charge in [0.25, 0.3) is 0 Å². The van der Waals surface area contributed by atoms with Crippen LogP contribution in [0.5, 0.6) is 0 Å². The summed E-state index contributed by atoms with van der Waals surface area (Å²) in [6.45, 7) is 2.46. The van der Waals surface area contributed by atoms with E-state index < -0.39 is 0 Å². The fourth-order valence-electron chi connectivity index (χ4n) is 2.65. The second kappa shape index (κ2) is 7.10. The summed E-state index contributed by atoms with van der Waals surface area (Å²) in [7, 11) is 0. The molecule has 19 heavy (non-hydrogen) atoms. The van der Waals surface area contributed by atoms with E-state index in [9.17, 15) is 5.11 Å². The molecule has 0 heterocycles. The van der Waals surface area contributed by atoms with Gasteiger partial charge in [0.15, 0.2) is 0 Å². The molecule has 0 aliphatic heterocycles. The average molecular weight is 254 g/mol. The highest BCUT2D eigenvalue weighted by atomic mass is 16.2. The molecule has 0 aliphatic rings. The Hall–Kier alpha value is -1.60. The van der Waals surface area contributed by atoms with Crippen LogP contribution in [-0.2, 0) is 12.8 Å². The number of hydrogen-bond acceptors (Lipinski definition) is 1. The van der Waals surface area contributed by atoms with Crippen molar-refractivity contribution in [2.45, 2.75) is 32.1 Å². The third-order valence-corrected chi connectivity index (χ3v) is 3.69. The Balaban J connectivity index is 2.22. The van der Waals surface area contributed by atoms with Crippen LogP contribution in [0.3, 0.4) is 0 Å². The molecule has 0 amide bonds. The summed E-state index contributed by atoms with van der Waals surface area (Å²) in [5.74, 6) is 0.533. The van der Waals surface area contributed by atoms with Gasteiger partial charge in [-0.3, -0.25) is 0 Å². The molecular formula is C18H22O. The van der Waals surface area contributed by atoms with E-state index in [1.165, 1.54) is 16.7 Å². The minimum atomic E-state index is 0.221. The molecule has 100 valence electrons. The van der Waals surface area contributed by atoms with E-state index in [4.69, 9.17) is 0 Å². The third kappa shape index (κ3) is 3.68. The van der Waals surface area contributed by atoms with Gasteiger partial charge in [-0.2, -0.15) is 0 Å². The molecule has 0 saturated carbocycles. The maximum absolute atomic E-state index is 9.19. The van der Waals surface area contributed by atoms with Gasteiger partial charge in [0, 0.05) is 6.61 Å². The van der Waals surface area contributed by atoms with E-state index in [0.29, 0.717) is 5.92 Å². The first-order valence-electron chi connectivity index (χ1n) is 7.07. The lowest BCUT2D eigenvalue weighted by atomic mass is 9.86. The van der Waals surface area contributed by atoms with E-state index in [-0.39, 0.29) is 6.61 Å². The van der Waals surface area contributed by atoms with E-state index in [0.717, 1.165) is 19.3 Å². The summed E-state index contributed by atoms with van der Waals surface area (Å²) in [6.07, 6.45) is 2.94. The van der Waals surface area contributed by atoms with Crippen LogP contribution < -0.4 is 0 Å². The standard InChI is InChI=1S/C18H22O/c1-2-16(14-15-8-4-3-5-9-15)18-11-7-6-10-17(18)12-13-19/h3-11,16,19H,2,12-14H2,1H3. The first-order chi connectivity index (χ1) is 9.35. The Morgan fingerprint density at radius 3 is 2.32 bits per heavy atom. The highest BCUT2D eigenvalue weighted by Crippen LogP contribution is 2.27. The molecule has 2 aromatic carbocycles. The Morgan fingerprint density at radius 2 is 1.63 bits per heavy atom. The second-order valence-corrected chi connectivity index (χ2v) is 4.97. The zero-order valence-corrected chi connectivity index (χ0v) is 11.5. The lowest BCUT2D eigenvalue weighted by Crippen LogP contribution is -2.06. The maximum atomic E-state index is 9.19.